The highest BCUT2D eigenvalue weighted by Crippen LogP contribution is 2.19. The number of aromatic nitrogens is 2. The number of benzene rings is 1. The average Bonchev–Trinajstić information content (AvgIpc) is 3.25. The van der Waals surface area contributed by atoms with Crippen molar-refractivity contribution < 1.29 is 9.32 Å². The number of nitrogens with zero attached hydrogens (tertiary/aromatic N) is 2. The van der Waals surface area contributed by atoms with Crippen LogP contribution in [0.25, 0.3) is 11.5 Å². The molecule has 6 nitrogen and oxygen atoms in total. The van der Waals surface area contributed by atoms with Crippen LogP contribution in [0.1, 0.15) is 38.1 Å². The second kappa shape index (κ2) is 7.37. The minimum atomic E-state index is -0.259. The van der Waals surface area contributed by atoms with Gasteiger partial charge in [-0.15, -0.1) is 0 Å². The van der Waals surface area contributed by atoms with Crippen molar-refractivity contribution in [3.63, 3.8) is 0 Å². The van der Waals surface area contributed by atoms with Crippen LogP contribution in [-0.2, 0) is 4.79 Å². The molecule has 1 aliphatic rings. The molecule has 2 N–H and O–H groups in total. The molecule has 2 heterocycles. The van der Waals surface area contributed by atoms with Crippen LogP contribution in [0.4, 0.5) is 0 Å². The first-order valence-electron chi connectivity index (χ1n) is 8.11. The average molecular weight is 314 g/mol. The van der Waals surface area contributed by atoms with Crippen LogP contribution in [0.3, 0.4) is 0 Å². The highest BCUT2D eigenvalue weighted by Gasteiger charge is 2.19. The Morgan fingerprint density at radius 3 is 3.00 bits per heavy atom. The molecule has 1 aliphatic heterocycles. The minimum absolute atomic E-state index is 0.0375. The first-order valence-corrected chi connectivity index (χ1v) is 8.11. The maximum atomic E-state index is 12.0. The van der Waals surface area contributed by atoms with Gasteiger partial charge in [0.15, 0.2) is 5.82 Å². The van der Waals surface area contributed by atoms with Gasteiger partial charge in [0.2, 0.25) is 5.91 Å². The molecule has 3 rings (SSSR count). The van der Waals surface area contributed by atoms with Crippen LogP contribution in [0, 0.1) is 5.92 Å². The largest absolute Gasteiger partial charge is 0.346 e. The Kier molecular flexibility index (Phi) is 5.02. The van der Waals surface area contributed by atoms with Gasteiger partial charge in [-0.1, -0.05) is 23.4 Å². The van der Waals surface area contributed by atoms with Gasteiger partial charge < -0.3 is 15.2 Å². The van der Waals surface area contributed by atoms with Crippen molar-refractivity contribution in [3.8, 4) is 11.5 Å². The zero-order chi connectivity index (χ0) is 16.1. The van der Waals surface area contributed by atoms with Crippen molar-refractivity contribution in [2.75, 3.05) is 13.1 Å². The summed E-state index contributed by atoms with van der Waals surface area (Å²) in [6, 6.07) is 9.34. The van der Waals surface area contributed by atoms with Crippen LogP contribution in [0.2, 0.25) is 0 Å². The van der Waals surface area contributed by atoms with Gasteiger partial charge in [-0.3, -0.25) is 4.79 Å². The summed E-state index contributed by atoms with van der Waals surface area (Å²) in [5, 5.41) is 10.2. The Morgan fingerprint density at radius 2 is 2.26 bits per heavy atom. The Hall–Kier alpha value is -2.21. The number of rotatable bonds is 6. The fraction of sp³-hybridized carbons (Fsp3) is 0.471. The molecule has 1 aromatic heterocycles. The second-order valence-electron chi connectivity index (χ2n) is 6.01. The van der Waals surface area contributed by atoms with Crippen molar-refractivity contribution in [3.05, 3.63) is 36.2 Å². The van der Waals surface area contributed by atoms with Crippen molar-refractivity contribution in [2.24, 2.45) is 5.92 Å². The van der Waals surface area contributed by atoms with Gasteiger partial charge >= 0.3 is 0 Å². The Labute approximate surface area is 135 Å². The molecule has 0 saturated carbocycles. The SMILES string of the molecule is CC(NC(=O)CCC1CCNC1)c1noc(-c2ccccc2)n1. The van der Waals surface area contributed by atoms with Crippen LogP contribution in [0.15, 0.2) is 34.9 Å². The number of carbonyl (C=O) groups is 1. The van der Waals surface area contributed by atoms with E-state index in [0.717, 1.165) is 31.5 Å². The second-order valence-corrected chi connectivity index (χ2v) is 6.01. The summed E-state index contributed by atoms with van der Waals surface area (Å²) in [5.41, 5.74) is 0.874. The van der Waals surface area contributed by atoms with Gasteiger partial charge in [-0.25, -0.2) is 0 Å². The van der Waals surface area contributed by atoms with E-state index in [-0.39, 0.29) is 11.9 Å². The van der Waals surface area contributed by atoms with Crippen molar-refractivity contribution in [1.82, 2.24) is 20.8 Å². The van der Waals surface area contributed by atoms with E-state index in [2.05, 4.69) is 20.8 Å². The topological polar surface area (TPSA) is 80.0 Å². The number of hydrogen-bond acceptors (Lipinski definition) is 5. The maximum Gasteiger partial charge on any atom is 0.257 e. The smallest absolute Gasteiger partial charge is 0.257 e. The zero-order valence-electron chi connectivity index (χ0n) is 13.3. The normalized spacial score (nSPS) is 18.7. The van der Waals surface area contributed by atoms with Crippen molar-refractivity contribution >= 4 is 5.91 Å². The van der Waals surface area contributed by atoms with Gasteiger partial charge in [0.25, 0.3) is 5.89 Å². The van der Waals surface area contributed by atoms with Crippen LogP contribution >= 0.6 is 0 Å². The van der Waals surface area contributed by atoms with E-state index in [9.17, 15) is 4.79 Å². The lowest BCUT2D eigenvalue weighted by Gasteiger charge is -2.11. The van der Waals surface area contributed by atoms with E-state index in [0.29, 0.717) is 24.1 Å². The van der Waals surface area contributed by atoms with Crippen LogP contribution in [-0.4, -0.2) is 29.1 Å². The third-order valence-electron chi connectivity index (χ3n) is 4.17. The molecule has 2 unspecified atom stereocenters. The van der Waals surface area contributed by atoms with Crippen molar-refractivity contribution in [2.45, 2.75) is 32.2 Å². The summed E-state index contributed by atoms with van der Waals surface area (Å²) in [6.07, 6.45) is 2.63. The quantitative estimate of drug-likeness (QED) is 0.855. The van der Waals surface area contributed by atoms with E-state index in [1.54, 1.807) is 0 Å². The monoisotopic (exact) mass is 314 g/mol. The third kappa shape index (κ3) is 4.16. The Bertz CT molecular complexity index is 635. The molecule has 0 spiro atoms. The first kappa shape index (κ1) is 15.7. The summed E-state index contributed by atoms with van der Waals surface area (Å²) in [7, 11) is 0. The van der Waals surface area contributed by atoms with Gasteiger partial charge in [0, 0.05) is 12.0 Å². The van der Waals surface area contributed by atoms with E-state index in [1.165, 1.54) is 0 Å². The van der Waals surface area contributed by atoms with Gasteiger partial charge in [-0.05, 0) is 50.9 Å². The van der Waals surface area contributed by atoms with Crippen LogP contribution in [0.5, 0.6) is 0 Å². The number of carbonyl (C=O) groups excluding carboxylic acids is 1. The minimum Gasteiger partial charge on any atom is -0.346 e. The molecule has 1 fully saturated rings. The first-order chi connectivity index (χ1) is 11.2. The Balaban J connectivity index is 1.52. The lowest BCUT2D eigenvalue weighted by Crippen LogP contribution is -2.27. The summed E-state index contributed by atoms with van der Waals surface area (Å²) in [5.74, 6) is 1.62. The molecule has 122 valence electrons. The molecule has 2 aromatic rings. The van der Waals surface area contributed by atoms with Gasteiger partial charge in [-0.2, -0.15) is 4.98 Å². The zero-order valence-corrected chi connectivity index (χ0v) is 13.3. The number of nitrogens with one attached hydrogen (secondary N) is 2. The molecule has 1 amide bonds. The van der Waals surface area contributed by atoms with Gasteiger partial charge in [0.1, 0.15) is 0 Å². The summed E-state index contributed by atoms with van der Waals surface area (Å²) in [4.78, 5) is 16.4. The molecule has 23 heavy (non-hydrogen) atoms. The fourth-order valence-electron chi connectivity index (χ4n) is 2.78. The summed E-state index contributed by atoms with van der Waals surface area (Å²) in [6.45, 7) is 3.95. The van der Waals surface area contributed by atoms with E-state index < -0.39 is 0 Å². The van der Waals surface area contributed by atoms with Crippen LogP contribution < -0.4 is 10.6 Å². The highest BCUT2D eigenvalue weighted by atomic mass is 16.5. The molecule has 0 bridgehead atoms. The summed E-state index contributed by atoms with van der Waals surface area (Å²) < 4.78 is 5.27. The fourth-order valence-corrected chi connectivity index (χ4v) is 2.78. The molecule has 0 radical (unpaired) electrons. The van der Waals surface area contributed by atoms with Gasteiger partial charge in [0.05, 0.1) is 6.04 Å². The number of hydrogen-bond donors (Lipinski definition) is 2. The summed E-state index contributed by atoms with van der Waals surface area (Å²) >= 11 is 0. The lowest BCUT2D eigenvalue weighted by molar-refractivity contribution is -0.122. The predicted octanol–water partition coefficient (Wildman–Crippen LogP) is 2.30. The predicted molar refractivity (Wildman–Crippen MR) is 86.5 cm³/mol. The molecule has 2 atom stereocenters. The van der Waals surface area contributed by atoms with E-state index in [4.69, 9.17) is 4.52 Å². The molecular weight excluding hydrogens is 292 g/mol. The van der Waals surface area contributed by atoms with E-state index in [1.807, 2.05) is 37.3 Å². The maximum absolute atomic E-state index is 12.0. The highest BCUT2D eigenvalue weighted by molar-refractivity contribution is 5.76. The molecular formula is C17H22N4O2. The Morgan fingerprint density at radius 1 is 1.43 bits per heavy atom. The molecule has 0 aliphatic carbocycles. The third-order valence-corrected chi connectivity index (χ3v) is 4.17. The standard InChI is InChI=1S/C17H22N4O2/c1-12(19-15(22)8-7-13-9-10-18-11-13)16-20-17(23-21-16)14-5-3-2-4-6-14/h2-6,12-13,18H,7-11H2,1H3,(H,19,22). The molecule has 1 saturated heterocycles. The lowest BCUT2D eigenvalue weighted by atomic mass is 10.0. The number of amides is 1. The van der Waals surface area contributed by atoms with E-state index >= 15 is 0 Å². The molecule has 1 aromatic carbocycles. The molecule has 6 heteroatoms. The van der Waals surface area contributed by atoms with Crippen molar-refractivity contribution in [1.29, 1.82) is 0 Å².